The Morgan fingerprint density at radius 2 is 2.18 bits per heavy atom. The van der Waals surface area contributed by atoms with E-state index in [4.69, 9.17) is 22.1 Å². The van der Waals surface area contributed by atoms with Gasteiger partial charge in [-0.05, 0) is 31.5 Å². The molecule has 0 aliphatic carbocycles. The highest BCUT2D eigenvalue weighted by atomic mass is 35.5. The van der Waals surface area contributed by atoms with Gasteiger partial charge < -0.3 is 10.5 Å². The van der Waals surface area contributed by atoms with E-state index in [1.54, 1.807) is 6.20 Å². The van der Waals surface area contributed by atoms with Crippen LogP contribution in [0, 0.1) is 0 Å². The number of ether oxygens (including phenoxy) is 1. The van der Waals surface area contributed by atoms with Gasteiger partial charge in [0.2, 0.25) is 5.88 Å². The second-order valence-electron chi connectivity index (χ2n) is 4.22. The highest BCUT2D eigenvalue weighted by Crippen LogP contribution is 2.18. The fourth-order valence-electron chi connectivity index (χ4n) is 1.98. The molecule has 1 fully saturated rings. The number of hydrogen-bond donors (Lipinski definition) is 1. The number of pyridine rings is 1. The van der Waals surface area contributed by atoms with Gasteiger partial charge in [-0.1, -0.05) is 11.6 Å². The van der Waals surface area contributed by atoms with Crippen LogP contribution < -0.4 is 10.5 Å². The summed E-state index contributed by atoms with van der Waals surface area (Å²) in [6.45, 7) is 4.40. The van der Waals surface area contributed by atoms with Gasteiger partial charge in [0.25, 0.3) is 0 Å². The number of nitrogens with two attached hydrogens (primary N) is 1. The number of aromatic nitrogens is 1. The molecule has 0 radical (unpaired) electrons. The molecule has 1 saturated heterocycles. The standard InChI is InChI=1S/C12H18ClN3O/c13-11-9-15-12(7-10(11)8-14)17-6-5-16-3-1-2-4-16/h7,9H,1-6,8,14H2. The topological polar surface area (TPSA) is 51.4 Å². The molecule has 1 aromatic heterocycles. The van der Waals surface area contributed by atoms with E-state index >= 15 is 0 Å². The van der Waals surface area contributed by atoms with Crippen LogP contribution in [0.2, 0.25) is 5.02 Å². The van der Waals surface area contributed by atoms with Crippen LogP contribution in [0.25, 0.3) is 0 Å². The van der Waals surface area contributed by atoms with Crippen molar-refractivity contribution in [3.8, 4) is 5.88 Å². The van der Waals surface area contributed by atoms with Crippen molar-refractivity contribution < 1.29 is 4.74 Å². The monoisotopic (exact) mass is 255 g/mol. The fourth-order valence-corrected chi connectivity index (χ4v) is 2.16. The molecule has 5 heteroatoms. The molecule has 2 N–H and O–H groups in total. The van der Waals surface area contributed by atoms with Gasteiger partial charge >= 0.3 is 0 Å². The zero-order chi connectivity index (χ0) is 12.1. The lowest BCUT2D eigenvalue weighted by Crippen LogP contribution is -2.25. The van der Waals surface area contributed by atoms with Gasteiger partial charge in [0.15, 0.2) is 0 Å². The van der Waals surface area contributed by atoms with Crippen LogP contribution >= 0.6 is 11.6 Å². The molecule has 1 aromatic rings. The SMILES string of the molecule is NCc1cc(OCCN2CCCC2)ncc1Cl. The summed E-state index contributed by atoms with van der Waals surface area (Å²) in [5, 5.41) is 0.597. The Morgan fingerprint density at radius 3 is 2.88 bits per heavy atom. The minimum Gasteiger partial charge on any atom is -0.476 e. The summed E-state index contributed by atoms with van der Waals surface area (Å²) in [6, 6.07) is 1.81. The van der Waals surface area contributed by atoms with Crippen molar-refractivity contribution >= 4 is 11.6 Å². The quantitative estimate of drug-likeness (QED) is 0.870. The van der Waals surface area contributed by atoms with Crippen molar-refractivity contribution in [2.45, 2.75) is 19.4 Å². The summed E-state index contributed by atoms with van der Waals surface area (Å²) in [6.07, 6.45) is 4.20. The first kappa shape index (κ1) is 12.6. The molecule has 0 bridgehead atoms. The summed E-state index contributed by atoms with van der Waals surface area (Å²) in [7, 11) is 0. The Hall–Kier alpha value is -0.840. The molecule has 0 spiro atoms. The van der Waals surface area contributed by atoms with E-state index < -0.39 is 0 Å². The van der Waals surface area contributed by atoms with Crippen LogP contribution in [0.5, 0.6) is 5.88 Å². The van der Waals surface area contributed by atoms with Gasteiger partial charge in [0.05, 0.1) is 5.02 Å². The zero-order valence-electron chi connectivity index (χ0n) is 9.86. The Labute approximate surface area is 107 Å². The average molecular weight is 256 g/mol. The molecule has 17 heavy (non-hydrogen) atoms. The van der Waals surface area contributed by atoms with Crippen molar-refractivity contribution in [1.29, 1.82) is 0 Å². The predicted octanol–water partition coefficient (Wildman–Crippen LogP) is 1.67. The Morgan fingerprint density at radius 1 is 1.41 bits per heavy atom. The lowest BCUT2D eigenvalue weighted by atomic mass is 10.3. The average Bonchev–Trinajstić information content (AvgIpc) is 2.84. The van der Waals surface area contributed by atoms with Crippen molar-refractivity contribution in [2.24, 2.45) is 5.73 Å². The van der Waals surface area contributed by atoms with E-state index in [9.17, 15) is 0 Å². The Balaban J connectivity index is 1.81. The maximum absolute atomic E-state index is 5.93. The first-order chi connectivity index (χ1) is 8.29. The highest BCUT2D eigenvalue weighted by Gasteiger charge is 2.11. The zero-order valence-corrected chi connectivity index (χ0v) is 10.6. The van der Waals surface area contributed by atoms with Gasteiger partial charge in [0, 0.05) is 25.4 Å². The van der Waals surface area contributed by atoms with Gasteiger partial charge in [-0.2, -0.15) is 0 Å². The smallest absolute Gasteiger partial charge is 0.213 e. The number of likely N-dealkylation sites (tertiary alicyclic amines) is 1. The number of nitrogens with zero attached hydrogens (tertiary/aromatic N) is 2. The van der Waals surface area contributed by atoms with E-state index in [0.717, 1.165) is 12.1 Å². The third-order valence-corrected chi connectivity index (χ3v) is 3.33. The highest BCUT2D eigenvalue weighted by molar-refractivity contribution is 6.31. The number of rotatable bonds is 5. The van der Waals surface area contributed by atoms with Crippen molar-refractivity contribution in [3.63, 3.8) is 0 Å². The van der Waals surface area contributed by atoms with Crippen LogP contribution in [0.3, 0.4) is 0 Å². The third kappa shape index (κ3) is 3.56. The van der Waals surface area contributed by atoms with Crippen LogP contribution in [-0.2, 0) is 6.54 Å². The molecule has 4 nitrogen and oxygen atoms in total. The summed E-state index contributed by atoms with van der Waals surface area (Å²) in [5.74, 6) is 0.606. The maximum atomic E-state index is 5.93. The lowest BCUT2D eigenvalue weighted by Gasteiger charge is -2.14. The predicted molar refractivity (Wildman–Crippen MR) is 68.3 cm³/mol. The van der Waals surface area contributed by atoms with Crippen LogP contribution in [0.1, 0.15) is 18.4 Å². The minimum atomic E-state index is 0.407. The molecule has 94 valence electrons. The normalized spacial score (nSPS) is 16.4. The fraction of sp³-hybridized carbons (Fsp3) is 0.583. The van der Waals surface area contributed by atoms with Gasteiger partial charge in [-0.15, -0.1) is 0 Å². The molecule has 0 unspecified atom stereocenters. The van der Waals surface area contributed by atoms with E-state index in [1.807, 2.05) is 6.07 Å². The Bertz CT molecular complexity index is 367. The molecule has 0 amide bonds. The number of halogens is 1. The molecular formula is C12H18ClN3O. The summed E-state index contributed by atoms with van der Waals surface area (Å²) in [5.41, 5.74) is 6.44. The second kappa shape index (κ2) is 6.19. The first-order valence-corrected chi connectivity index (χ1v) is 6.37. The largest absolute Gasteiger partial charge is 0.476 e. The Kier molecular flexibility index (Phi) is 4.59. The molecule has 0 aromatic carbocycles. The van der Waals surface area contributed by atoms with Gasteiger partial charge in [-0.3, -0.25) is 4.90 Å². The van der Waals surface area contributed by atoms with E-state index in [2.05, 4.69) is 9.88 Å². The third-order valence-electron chi connectivity index (χ3n) is 2.99. The van der Waals surface area contributed by atoms with Crippen molar-refractivity contribution in [1.82, 2.24) is 9.88 Å². The minimum absolute atomic E-state index is 0.407. The molecule has 0 atom stereocenters. The number of hydrogen-bond acceptors (Lipinski definition) is 4. The molecule has 2 heterocycles. The molecule has 1 aliphatic rings. The summed E-state index contributed by atoms with van der Waals surface area (Å²) >= 11 is 5.93. The lowest BCUT2D eigenvalue weighted by molar-refractivity contribution is 0.232. The maximum Gasteiger partial charge on any atom is 0.213 e. The van der Waals surface area contributed by atoms with Crippen molar-refractivity contribution in [3.05, 3.63) is 22.8 Å². The second-order valence-corrected chi connectivity index (χ2v) is 4.62. The first-order valence-electron chi connectivity index (χ1n) is 5.99. The van der Waals surface area contributed by atoms with Crippen molar-refractivity contribution in [2.75, 3.05) is 26.2 Å². The van der Waals surface area contributed by atoms with Gasteiger partial charge in [0.1, 0.15) is 6.61 Å². The van der Waals surface area contributed by atoms with Crippen LogP contribution in [-0.4, -0.2) is 36.1 Å². The van der Waals surface area contributed by atoms with Crippen LogP contribution in [0.4, 0.5) is 0 Å². The summed E-state index contributed by atoms with van der Waals surface area (Å²) < 4.78 is 5.60. The molecular weight excluding hydrogens is 238 g/mol. The van der Waals surface area contributed by atoms with E-state index in [-0.39, 0.29) is 0 Å². The molecule has 2 rings (SSSR count). The summed E-state index contributed by atoms with van der Waals surface area (Å²) in [4.78, 5) is 6.53. The van der Waals surface area contributed by atoms with E-state index in [1.165, 1.54) is 25.9 Å². The molecule has 1 aliphatic heterocycles. The van der Waals surface area contributed by atoms with Crippen LogP contribution in [0.15, 0.2) is 12.3 Å². The van der Waals surface area contributed by atoms with E-state index in [0.29, 0.717) is 24.1 Å². The van der Waals surface area contributed by atoms with Gasteiger partial charge in [-0.25, -0.2) is 4.98 Å². The molecule has 0 saturated carbocycles.